The van der Waals surface area contributed by atoms with Crippen molar-refractivity contribution in [2.75, 3.05) is 76.6 Å². The topological polar surface area (TPSA) is 61.9 Å². The van der Waals surface area contributed by atoms with Gasteiger partial charge in [0.2, 0.25) is 0 Å². The summed E-state index contributed by atoms with van der Waals surface area (Å²) in [5.41, 5.74) is 19.6. The molecule has 0 radical (unpaired) electrons. The van der Waals surface area contributed by atoms with E-state index in [9.17, 15) is 0 Å². The van der Waals surface area contributed by atoms with E-state index < -0.39 is 11.2 Å². The smallest absolute Gasteiger partial charge is 0.178 e. The molecule has 4 aliphatic carbocycles. The van der Waals surface area contributed by atoms with Crippen LogP contribution >= 0.6 is 23.5 Å². The second kappa shape index (κ2) is 28.3. The van der Waals surface area contributed by atoms with Crippen molar-refractivity contribution in [1.29, 1.82) is 0 Å². The molecule has 8 aliphatic rings. The molecule has 584 valence electrons. The van der Waals surface area contributed by atoms with E-state index in [1.54, 1.807) is 37.7 Å². The molecule has 2 saturated heterocycles. The van der Waals surface area contributed by atoms with E-state index in [1.165, 1.54) is 66.7 Å². The van der Waals surface area contributed by atoms with Gasteiger partial charge in [-0.2, -0.15) is 0 Å². The van der Waals surface area contributed by atoms with Gasteiger partial charge in [0.05, 0.1) is 50.4 Å². The minimum atomic E-state index is -1.03. The lowest BCUT2D eigenvalue weighted by Crippen LogP contribution is -2.44. The van der Waals surface area contributed by atoms with Crippen molar-refractivity contribution in [3.05, 3.63) is 309 Å². The molecular weight excluding hydrogens is 1460 g/mol. The fourth-order valence-corrected chi connectivity index (χ4v) is 25.3. The first-order chi connectivity index (χ1) is 56.1. The standard InChI is InChI=1S/C106H102N2O6S2/c1-99(2)63-100(3,4)66-103(65-99)87-27-19-17-25-79(87)93-83-61-91(115-77-21-13-11-14-22-77)89(109-9)59-85(83)97-81(95(93)103)47-49-105(113-97,73-39-43-75(44-40-73)107-51-55-111-56-52-107)71-35-31-69(32-36-71)29-30-70-33-37-72(38-34-70)106(74-41-45-76(46-42-74)108-53-57-112-58-54-108)50-48-82-96-94(80-26-18-20-28-88(80)104(96)67-101(5,6)64-102(7,8)68-104)84-62-92(116-78-23-15-12-16-24-78)90(110-10)60-86(84)98(82)114-106/h11-50,59-62H,51-58,63-68H2,1-10H3/b30-29+. The van der Waals surface area contributed by atoms with Crippen LogP contribution in [0.4, 0.5) is 11.4 Å². The van der Waals surface area contributed by atoms with E-state index in [-0.39, 0.29) is 32.5 Å². The third kappa shape index (κ3) is 12.6. The van der Waals surface area contributed by atoms with Gasteiger partial charge in [-0.1, -0.05) is 261 Å². The number of rotatable bonds is 14. The molecule has 10 heteroatoms. The zero-order valence-corrected chi connectivity index (χ0v) is 70.1. The molecule has 12 aromatic rings. The summed E-state index contributed by atoms with van der Waals surface area (Å²) in [6.45, 7) is 26.2. The van der Waals surface area contributed by atoms with Crippen molar-refractivity contribution in [2.24, 2.45) is 21.7 Å². The van der Waals surface area contributed by atoms with E-state index in [4.69, 9.17) is 28.4 Å². The van der Waals surface area contributed by atoms with Crippen LogP contribution in [0.3, 0.4) is 0 Å². The maximum atomic E-state index is 8.23. The Labute approximate surface area is 693 Å². The highest BCUT2D eigenvalue weighted by molar-refractivity contribution is 7.99. The van der Waals surface area contributed by atoms with Crippen LogP contribution in [0.25, 0.3) is 68.1 Å². The molecular formula is C106H102N2O6S2. The molecule has 2 saturated carbocycles. The van der Waals surface area contributed by atoms with Crippen molar-refractivity contribution in [1.82, 2.24) is 0 Å². The Morgan fingerprint density at radius 1 is 0.362 bits per heavy atom. The molecule has 20 rings (SSSR count). The summed E-state index contributed by atoms with van der Waals surface area (Å²) in [5, 5.41) is 4.45. The Bertz CT molecular complexity index is 5550. The number of morpholine rings is 2. The predicted molar refractivity (Wildman–Crippen MR) is 479 cm³/mol. The molecule has 0 amide bonds. The maximum Gasteiger partial charge on any atom is 0.178 e. The summed E-state index contributed by atoms with van der Waals surface area (Å²) >= 11 is 3.51. The minimum Gasteiger partial charge on any atom is -0.496 e. The molecule has 8 nitrogen and oxygen atoms in total. The summed E-state index contributed by atoms with van der Waals surface area (Å²) in [4.78, 5) is 9.32. The lowest BCUT2D eigenvalue weighted by molar-refractivity contribution is 0.0638. The molecule has 116 heavy (non-hydrogen) atoms. The number of ether oxygens (including phenoxy) is 6. The third-order valence-electron chi connectivity index (χ3n) is 26.5. The molecule has 4 heterocycles. The van der Waals surface area contributed by atoms with E-state index in [0.29, 0.717) is 26.4 Å². The van der Waals surface area contributed by atoms with Gasteiger partial charge in [-0.15, -0.1) is 0 Å². The molecule has 0 N–H and O–H groups in total. The molecule has 0 aromatic heterocycles. The highest BCUT2D eigenvalue weighted by atomic mass is 32.2. The highest BCUT2D eigenvalue weighted by Gasteiger charge is 2.58. The van der Waals surface area contributed by atoms with Gasteiger partial charge in [-0.25, -0.2) is 0 Å². The van der Waals surface area contributed by atoms with Gasteiger partial charge in [-0.05, 0) is 212 Å². The number of hydrogen-bond acceptors (Lipinski definition) is 10. The summed E-state index contributed by atoms with van der Waals surface area (Å²) in [5.74, 6) is 3.40. The molecule has 4 aliphatic heterocycles. The molecule has 12 aromatic carbocycles. The van der Waals surface area contributed by atoms with Crippen LogP contribution < -0.4 is 28.7 Å². The van der Waals surface area contributed by atoms with Gasteiger partial charge in [0.1, 0.15) is 23.0 Å². The molecule has 4 fully saturated rings. The van der Waals surface area contributed by atoms with Gasteiger partial charge < -0.3 is 38.2 Å². The van der Waals surface area contributed by atoms with Crippen molar-refractivity contribution in [2.45, 2.75) is 136 Å². The van der Waals surface area contributed by atoms with E-state index in [0.717, 1.165) is 163 Å². The average molecular weight is 1560 g/mol. The van der Waals surface area contributed by atoms with Gasteiger partial charge in [0.15, 0.2) is 11.2 Å². The van der Waals surface area contributed by atoms with Crippen LogP contribution in [0.15, 0.2) is 262 Å². The Morgan fingerprint density at radius 3 is 1.05 bits per heavy atom. The first-order valence-electron chi connectivity index (χ1n) is 41.8. The van der Waals surface area contributed by atoms with Gasteiger partial charge in [0, 0.05) is 102 Å². The Kier molecular flexibility index (Phi) is 18.2. The lowest BCUT2D eigenvalue weighted by Gasteiger charge is -2.52. The summed E-state index contributed by atoms with van der Waals surface area (Å²) in [7, 11) is 3.61. The van der Waals surface area contributed by atoms with E-state index in [2.05, 4.69) is 332 Å². The molecule has 2 unspecified atom stereocenters. The number of methoxy groups -OCH3 is 2. The Hall–Kier alpha value is -10.2. The summed E-state index contributed by atoms with van der Waals surface area (Å²) < 4.78 is 41.1. The minimum absolute atomic E-state index is 0.0665. The first kappa shape index (κ1) is 74.6. The molecule has 0 bridgehead atoms. The monoisotopic (exact) mass is 1560 g/mol. The van der Waals surface area contributed by atoms with Crippen molar-refractivity contribution in [3.8, 4) is 45.3 Å². The van der Waals surface area contributed by atoms with Crippen molar-refractivity contribution in [3.63, 3.8) is 0 Å². The third-order valence-corrected chi connectivity index (χ3v) is 28.6. The van der Waals surface area contributed by atoms with Crippen LogP contribution in [-0.4, -0.2) is 66.8 Å². The van der Waals surface area contributed by atoms with Crippen molar-refractivity contribution < 1.29 is 28.4 Å². The van der Waals surface area contributed by atoms with Crippen molar-refractivity contribution >= 4 is 80.7 Å². The van der Waals surface area contributed by atoms with Crippen LogP contribution in [0.2, 0.25) is 0 Å². The molecule has 2 atom stereocenters. The molecule has 2 spiro atoms. The first-order valence-corrected chi connectivity index (χ1v) is 43.4. The number of hydrogen-bond donors (Lipinski definition) is 0. The van der Waals surface area contributed by atoms with Crippen LogP contribution in [0.1, 0.15) is 161 Å². The van der Waals surface area contributed by atoms with Crippen LogP contribution in [-0.2, 0) is 31.5 Å². The number of nitrogens with zero attached hydrogens (tertiary/aromatic N) is 2. The van der Waals surface area contributed by atoms with Gasteiger partial charge in [0.25, 0.3) is 0 Å². The average Bonchev–Trinajstić information content (AvgIpc) is 1.47. The zero-order valence-electron chi connectivity index (χ0n) is 68.5. The fraction of sp³-hybridized carbons (Fsp3) is 0.302. The highest BCUT2D eigenvalue weighted by Crippen LogP contribution is 2.70. The summed E-state index contributed by atoms with van der Waals surface area (Å²) in [6.07, 6.45) is 20.5. The second-order valence-electron chi connectivity index (χ2n) is 37.1. The largest absolute Gasteiger partial charge is 0.496 e. The number of benzene rings is 12. The Balaban J connectivity index is 0.702. The maximum absolute atomic E-state index is 8.23. The zero-order chi connectivity index (χ0) is 79.1. The quantitative estimate of drug-likeness (QED) is 0.0984. The second-order valence-corrected chi connectivity index (χ2v) is 39.3. The SMILES string of the molecule is COc1cc2c3c(c4c(c2cc1Sc1ccccc1)-c1ccccc1C41CC(C)(C)CC(C)(C)C1)C=CC(c1ccc(/C=C/c2ccc(C4(c5ccc(N6CCOCC6)cc5)C=Cc5c6c(c7cc(Sc8ccccc8)c(OC)cc7c5O4)-c4ccccc4C64CC(C)(C)CC(C)(C)C4)cc2)cc1)(c1ccc(N2CCOCC2)cc1)O3. The van der Waals surface area contributed by atoms with Crippen LogP contribution in [0.5, 0.6) is 23.0 Å². The predicted octanol–water partition coefficient (Wildman–Crippen LogP) is 25.9. The summed E-state index contributed by atoms with van der Waals surface area (Å²) in [6, 6.07) is 85.9. The fourth-order valence-electron chi connectivity index (χ4n) is 23.3. The number of anilines is 2. The lowest BCUT2D eigenvalue weighted by atomic mass is 9.52. The van der Waals surface area contributed by atoms with Gasteiger partial charge >= 0.3 is 0 Å². The van der Waals surface area contributed by atoms with E-state index >= 15 is 0 Å². The number of fused-ring (bicyclic) bond motifs is 20. The normalized spacial score (nSPS) is 21.2. The van der Waals surface area contributed by atoms with E-state index in [1.807, 2.05) is 0 Å². The van der Waals surface area contributed by atoms with Crippen LogP contribution in [0, 0.1) is 21.7 Å². The Morgan fingerprint density at radius 2 is 0.698 bits per heavy atom. The van der Waals surface area contributed by atoms with Gasteiger partial charge in [-0.3, -0.25) is 0 Å².